The van der Waals surface area contributed by atoms with Crippen molar-refractivity contribution in [3.05, 3.63) is 64.3 Å². The summed E-state index contributed by atoms with van der Waals surface area (Å²) in [4.78, 5) is 0. The van der Waals surface area contributed by atoms with E-state index in [-0.39, 0.29) is 0 Å². The zero-order valence-electron chi connectivity index (χ0n) is 17.3. The molecule has 0 saturated heterocycles. The fourth-order valence-electron chi connectivity index (χ4n) is 4.79. The van der Waals surface area contributed by atoms with E-state index < -0.39 is 16.1 Å². The topological polar surface area (TPSA) is 0 Å². The molecule has 134 valence electrons. The Morgan fingerprint density at radius 1 is 0.840 bits per heavy atom. The fraction of sp³-hybridized carbons (Fsp3) is 0.478. The third kappa shape index (κ3) is 3.31. The fourth-order valence-corrected chi connectivity index (χ4v) is 10.3. The summed E-state index contributed by atoms with van der Waals surface area (Å²) in [6, 6.07) is 10.5. The predicted octanol–water partition coefficient (Wildman–Crippen LogP) is 7.42. The lowest BCUT2D eigenvalue weighted by Gasteiger charge is -2.35. The van der Waals surface area contributed by atoms with E-state index >= 15 is 0 Å². The van der Waals surface area contributed by atoms with Gasteiger partial charge in [-0.25, -0.2) is 0 Å². The highest BCUT2D eigenvalue weighted by atomic mass is 28.3. The van der Waals surface area contributed by atoms with Crippen LogP contribution in [0.4, 0.5) is 0 Å². The number of benzene rings is 1. The van der Waals surface area contributed by atoms with E-state index in [1.54, 1.807) is 22.3 Å². The molecule has 0 aromatic heterocycles. The Bertz CT molecular complexity index is 785. The van der Waals surface area contributed by atoms with Crippen molar-refractivity contribution in [3.8, 4) is 0 Å². The van der Waals surface area contributed by atoms with Crippen molar-refractivity contribution in [3.63, 3.8) is 0 Å². The minimum absolute atomic E-state index is 0.643. The Morgan fingerprint density at radius 3 is 2.04 bits per heavy atom. The number of fused-ring (bicyclic) bond motifs is 1. The van der Waals surface area contributed by atoms with Crippen molar-refractivity contribution in [1.29, 1.82) is 0 Å². The van der Waals surface area contributed by atoms with E-state index in [2.05, 4.69) is 89.9 Å². The zero-order chi connectivity index (χ0) is 18.6. The molecule has 0 spiro atoms. The lowest BCUT2D eigenvalue weighted by atomic mass is 10.1. The highest BCUT2D eigenvalue weighted by Gasteiger charge is 2.44. The van der Waals surface area contributed by atoms with Gasteiger partial charge in [0.25, 0.3) is 0 Å². The number of hydrogen-bond acceptors (Lipinski definition) is 0. The summed E-state index contributed by atoms with van der Waals surface area (Å²) in [5.74, 6) is 0. The van der Waals surface area contributed by atoms with E-state index in [0.717, 1.165) is 0 Å². The van der Waals surface area contributed by atoms with Gasteiger partial charge in [0.2, 0.25) is 0 Å². The molecule has 0 aliphatic heterocycles. The molecular weight excluding hydrogens is 332 g/mol. The van der Waals surface area contributed by atoms with Gasteiger partial charge in [0.05, 0.1) is 8.07 Å². The van der Waals surface area contributed by atoms with Gasteiger partial charge in [0.15, 0.2) is 0 Å². The van der Waals surface area contributed by atoms with Crippen LogP contribution in [0.2, 0.25) is 44.3 Å². The number of allylic oxidation sites excluding steroid dienone is 6. The molecule has 0 bridgehead atoms. The van der Waals surface area contributed by atoms with Crippen molar-refractivity contribution in [2.24, 2.45) is 0 Å². The molecule has 2 unspecified atom stereocenters. The van der Waals surface area contributed by atoms with Crippen LogP contribution >= 0.6 is 0 Å². The Labute approximate surface area is 156 Å². The molecule has 0 N–H and O–H groups in total. The van der Waals surface area contributed by atoms with Crippen LogP contribution in [0.15, 0.2) is 53.1 Å². The average molecular weight is 367 g/mol. The van der Waals surface area contributed by atoms with Crippen LogP contribution in [-0.4, -0.2) is 16.1 Å². The maximum Gasteiger partial charge on any atom is 0.0711 e. The maximum atomic E-state index is 2.68. The molecule has 2 aliphatic rings. The van der Waals surface area contributed by atoms with Gasteiger partial charge in [0, 0.05) is 8.07 Å². The smallest absolute Gasteiger partial charge is 0.0711 e. The van der Waals surface area contributed by atoms with Gasteiger partial charge in [-0.15, -0.1) is 0 Å². The molecule has 2 aliphatic carbocycles. The van der Waals surface area contributed by atoms with Gasteiger partial charge >= 0.3 is 0 Å². The van der Waals surface area contributed by atoms with Crippen LogP contribution in [0.3, 0.4) is 0 Å². The van der Waals surface area contributed by atoms with Gasteiger partial charge < -0.3 is 0 Å². The molecule has 0 radical (unpaired) electrons. The zero-order valence-corrected chi connectivity index (χ0v) is 19.3. The van der Waals surface area contributed by atoms with Crippen LogP contribution in [0, 0.1) is 0 Å². The molecule has 0 amide bonds. The quantitative estimate of drug-likeness (QED) is 0.486. The van der Waals surface area contributed by atoms with Crippen LogP contribution in [0.5, 0.6) is 0 Å². The molecule has 1 aromatic carbocycles. The van der Waals surface area contributed by atoms with Crippen molar-refractivity contribution in [2.45, 2.75) is 70.6 Å². The first kappa shape index (κ1) is 18.7. The van der Waals surface area contributed by atoms with E-state index in [4.69, 9.17) is 0 Å². The molecule has 0 fully saturated rings. The second-order valence-electron chi connectivity index (χ2n) is 9.95. The molecule has 0 nitrogen and oxygen atoms in total. The van der Waals surface area contributed by atoms with Crippen molar-refractivity contribution >= 4 is 21.7 Å². The largest absolute Gasteiger partial charge is 0.0768 e. The molecule has 0 heterocycles. The number of rotatable bonds is 4. The third-order valence-corrected chi connectivity index (χ3v) is 12.1. The van der Waals surface area contributed by atoms with Crippen molar-refractivity contribution in [1.82, 2.24) is 0 Å². The number of hydrogen-bond donors (Lipinski definition) is 0. The SMILES string of the molecule is CC1=CC([Si](C)(C)C2C=C(C[Si](C)(C)C)c3ccccc32)C(C)=C1C. The van der Waals surface area contributed by atoms with Gasteiger partial charge in [-0.1, -0.05) is 80.3 Å². The first-order valence-corrected chi connectivity index (χ1v) is 16.5. The Hall–Kier alpha value is -1.13. The van der Waals surface area contributed by atoms with Gasteiger partial charge in [-0.2, -0.15) is 0 Å². The Kier molecular flexibility index (Phi) is 4.66. The van der Waals surface area contributed by atoms with Crippen LogP contribution in [0.25, 0.3) is 5.57 Å². The van der Waals surface area contributed by atoms with Crippen LogP contribution in [-0.2, 0) is 0 Å². The summed E-state index contributed by atoms with van der Waals surface area (Å²) >= 11 is 0. The van der Waals surface area contributed by atoms with Gasteiger partial charge in [-0.3, -0.25) is 0 Å². The Balaban J connectivity index is 2.05. The summed E-state index contributed by atoms with van der Waals surface area (Å²) in [5, 5.41) is 0. The van der Waals surface area contributed by atoms with Crippen molar-refractivity contribution < 1.29 is 0 Å². The van der Waals surface area contributed by atoms with Crippen LogP contribution < -0.4 is 0 Å². The van der Waals surface area contributed by atoms with E-state index in [0.29, 0.717) is 11.1 Å². The third-order valence-electron chi connectivity index (χ3n) is 6.40. The highest BCUT2D eigenvalue weighted by Crippen LogP contribution is 2.51. The van der Waals surface area contributed by atoms with Crippen molar-refractivity contribution in [2.75, 3.05) is 0 Å². The minimum Gasteiger partial charge on any atom is -0.0768 e. The maximum absolute atomic E-state index is 2.68. The molecule has 0 saturated carbocycles. The standard InChI is InChI=1S/C23H34Si2/c1-16-13-22(18(3)17(16)2)25(7,8)23-14-19(15-24(4,5)6)20-11-9-10-12-21(20)23/h9-14,22-23H,15H2,1-8H3. The van der Waals surface area contributed by atoms with E-state index in [1.807, 2.05) is 0 Å². The van der Waals surface area contributed by atoms with Gasteiger partial charge in [0.1, 0.15) is 0 Å². The minimum atomic E-state index is -1.55. The van der Waals surface area contributed by atoms with Gasteiger partial charge in [-0.05, 0) is 60.2 Å². The lowest BCUT2D eigenvalue weighted by molar-refractivity contribution is 1.05. The predicted molar refractivity (Wildman–Crippen MR) is 119 cm³/mol. The normalized spacial score (nSPS) is 23.7. The summed E-state index contributed by atoms with van der Waals surface area (Å²) in [7, 11) is -2.67. The highest BCUT2D eigenvalue weighted by molar-refractivity contribution is 6.82. The first-order valence-electron chi connectivity index (χ1n) is 9.68. The van der Waals surface area contributed by atoms with Crippen LogP contribution in [0.1, 0.15) is 37.4 Å². The average Bonchev–Trinajstić information content (AvgIpc) is 3.00. The lowest BCUT2D eigenvalue weighted by Crippen LogP contribution is -2.38. The molecule has 2 heteroatoms. The summed E-state index contributed by atoms with van der Waals surface area (Å²) in [5.41, 5.74) is 10.8. The molecular formula is C23H34Si2. The molecule has 25 heavy (non-hydrogen) atoms. The molecule has 1 aromatic rings. The molecule has 3 rings (SSSR count). The summed E-state index contributed by atoms with van der Waals surface area (Å²) in [6.07, 6.45) is 5.25. The summed E-state index contributed by atoms with van der Waals surface area (Å²) in [6.45, 7) is 19.7. The van der Waals surface area contributed by atoms with E-state index in [9.17, 15) is 0 Å². The van der Waals surface area contributed by atoms with E-state index in [1.165, 1.54) is 17.2 Å². The summed E-state index contributed by atoms with van der Waals surface area (Å²) < 4.78 is 0. The monoisotopic (exact) mass is 366 g/mol. The second kappa shape index (κ2) is 6.24. The Morgan fingerprint density at radius 2 is 1.48 bits per heavy atom. The second-order valence-corrected chi connectivity index (χ2v) is 20.3. The molecule has 2 atom stereocenters. The first-order chi connectivity index (χ1) is 11.5.